The Morgan fingerprint density at radius 3 is 2.55 bits per heavy atom. The predicted molar refractivity (Wildman–Crippen MR) is 82.6 cm³/mol. The number of amides is 1. The third kappa shape index (κ3) is 2.85. The van der Waals surface area contributed by atoms with Gasteiger partial charge in [0.1, 0.15) is 5.75 Å². The van der Waals surface area contributed by atoms with Gasteiger partial charge in [0, 0.05) is 17.5 Å². The maximum Gasteiger partial charge on any atom is 0.264 e. The third-order valence-corrected chi connectivity index (χ3v) is 4.43. The molecule has 0 N–H and O–H groups in total. The van der Waals surface area contributed by atoms with Crippen LogP contribution in [0.2, 0.25) is 0 Å². The van der Waals surface area contributed by atoms with E-state index < -0.39 is 0 Å². The number of carbonyl (C=O) groups excluding carboxylic acids is 1. The van der Waals surface area contributed by atoms with E-state index in [2.05, 4.69) is 0 Å². The first-order valence-electron chi connectivity index (χ1n) is 6.51. The number of methoxy groups -OCH3 is 1. The molecule has 0 saturated carbocycles. The molecule has 3 nitrogen and oxygen atoms in total. The van der Waals surface area contributed by atoms with E-state index in [1.165, 1.54) is 11.3 Å². The first-order valence-corrected chi connectivity index (χ1v) is 7.32. The molecule has 0 aliphatic rings. The lowest BCUT2D eigenvalue weighted by atomic mass is 10.1. The van der Waals surface area contributed by atoms with Crippen LogP contribution >= 0.6 is 11.3 Å². The zero-order valence-corrected chi connectivity index (χ0v) is 13.0. The molecule has 1 aromatic carbocycles. The van der Waals surface area contributed by atoms with Crippen molar-refractivity contribution in [1.29, 1.82) is 0 Å². The number of hydrogen-bond donors (Lipinski definition) is 0. The molecule has 0 radical (unpaired) electrons. The van der Waals surface area contributed by atoms with Crippen molar-refractivity contribution in [1.82, 2.24) is 4.90 Å². The highest BCUT2D eigenvalue weighted by molar-refractivity contribution is 7.13. The summed E-state index contributed by atoms with van der Waals surface area (Å²) in [5, 5.41) is 0. The van der Waals surface area contributed by atoms with Crippen LogP contribution in [0.5, 0.6) is 5.75 Å². The summed E-state index contributed by atoms with van der Waals surface area (Å²) in [6.07, 6.45) is 0. The third-order valence-electron chi connectivity index (χ3n) is 3.44. The SMILES string of the molecule is COc1ccccc1C(C)N(C)C(=O)c1ccc(C)s1. The van der Waals surface area contributed by atoms with Crippen LogP contribution in [0.25, 0.3) is 0 Å². The Hall–Kier alpha value is -1.81. The van der Waals surface area contributed by atoms with E-state index in [-0.39, 0.29) is 11.9 Å². The monoisotopic (exact) mass is 289 g/mol. The number of nitrogens with zero attached hydrogens (tertiary/aromatic N) is 1. The maximum absolute atomic E-state index is 12.5. The summed E-state index contributed by atoms with van der Waals surface area (Å²) >= 11 is 1.52. The van der Waals surface area contributed by atoms with Crippen LogP contribution in [0.15, 0.2) is 36.4 Å². The topological polar surface area (TPSA) is 29.5 Å². The second-order valence-corrected chi connectivity index (χ2v) is 6.03. The highest BCUT2D eigenvalue weighted by Crippen LogP contribution is 2.29. The van der Waals surface area contributed by atoms with E-state index in [9.17, 15) is 4.79 Å². The van der Waals surface area contributed by atoms with Gasteiger partial charge in [0.2, 0.25) is 0 Å². The molecule has 0 bridgehead atoms. The number of rotatable bonds is 4. The summed E-state index contributed by atoms with van der Waals surface area (Å²) in [6, 6.07) is 11.6. The van der Waals surface area contributed by atoms with Crippen LogP contribution in [0.4, 0.5) is 0 Å². The van der Waals surface area contributed by atoms with E-state index in [1.807, 2.05) is 57.3 Å². The summed E-state index contributed by atoms with van der Waals surface area (Å²) in [4.78, 5) is 16.1. The first kappa shape index (κ1) is 14.6. The molecule has 0 aliphatic heterocycles. The number of thiophene rings is 1. The number of para-hydroxylation sites is 1. The van der Waals surface area contributed by atoms with Crippen LogP contribution < -0.4 is 4.74 Å². The highest BCUT2D eigenvalue weighted by Gasteiger charge is 2.22. The summed E-state index contributed by atoms with van der Waals surface area (Å²) in [6.45, 7) is 4.02. The van der Waals surface area contributed by atoms with Crippen molar-refractivity contribution in [3.8, 4) is 5.75 Å². The van der Waals surface area contributed by atoms with Crippen LogP contribution in [0, 0.1) is 6.92 Å². The van der Waals surface area contributed by atoms with Gasteiger partial charge in [-0.2, -0.15) is 0 Å². The quantitative estimate of drug-likeness (QED) is 0.854. The van der Waals surface area contributed by atoms with E-state index in [4.69, 9.17) is 4.74 Å². The molecule has 0 aliphatic carbocycles. The summed E-state index contributed by atoms with van der Waals surface area (Å²) in [5.41, 5.74) is 1.01. The smallest absolute Gasteiger partial charge is 0.264 e. The van der Waals surface area contributed by atoms with Gasteiger partial charge >= 0.3 is 0 Å². The van der Waals surface area contributed by atoms with E-state index >= 15 is 0 Å². The fraction of sp³-hybridized carbons (Fsp3) is 0.312. The van der Waals surface area contributed by atoms with Gasteiger partial charge in [-0.15, -0.1) is 11.3 Å². The van der Waals surface area contributed by atoms with E-state index in [0.29, 0.717) is 0 Å². The molecule has 1 aromatic heterocycles. The minimum Gasteiger partial charge on any atom is -0.496 e. The molecule has 0 saturated heterocycles. The average molecular weight is 289 g/mol. The summed E-state index contributed by atoms with van der Waals surface area (Å²) in [5.74, 6) is 0.850. The largest absolute Gasteiger partial charge is 0.496 e. The Morgan fingerprint density at radius 1 is 1.25 bits per heavy atom. The molecule has 0 spiro atoms. The number of ether oxygens (including phenoxy) is 1. The van der Waals surface area contributed by atoms with Crippen molar-refractivity contribution in [2.45, 2.75) is 19.9 Å². The molecule has 106 valence electrons. The fourth-order valence-corrected chi connectivity index (χ4v) is 2.97. The Labute approximate surface area is 123 Å². The van der Waals surface area contributed by atoms with Gasteiger partial charge in [-0.05, 0) is 32.0 Å². The standard InChI is InChI=1S/C16H19NO2S/c1-11-9-10-15(20-11)16(18)17(3)12(2)13-7-5-6-8-14(13)19-4/h5-10,12H,1-4H3. The van der Waals surface area contributed by atoms with Crippen molar-refractivity contribution in [3.63, 3.8) is 0 Å². The van der Waals surface area contributed by atoms with Gasteiger partial charge in [-0.3, -0.25) is 4.79 Å². The molecule has 20 heavy (non-hydrogen) atoms. The fourth-order valence-electron chi connectivity index (χ4n) is 2.12. The molecular formula is C16H19NO2S. The van der Waals surface area contributed by atoms with Gasteiger partial charge in [0.25, 0.3) is 5.91 Å². The van der Waals surface area contributed by atoms with Crippen LogP contribution in [-0.4, -0.2) is 25.0 Å². The molecular weight excluding hydrogens is 270 g/mol. The molecule has 2 aromatic rings. The zero-order chi connectivity index (χ0) is 14.7. The Morgan fingerprint density at radius 2 is 1.95 bits per heavy atom. The molecule has 1 atom stereocenters. The minimum absolute atomic E-state index is 0.0407. The molecule has 2 rings (SSSR count). The lowest BCUT2D eigenvalue weighted by molar-refractivity contribution is 0.0746. The first-order chi connectivity index (χ1) is 9.54. The molecule has 4 heteroatoms. The van der Waals surface area contributed by atoms with E-state index in [0.717, 1.165) is 21.1 Å². The van der Waals surface area contributed by atoms with Gasteiger partial charge < -0.3 is 9.64 Å². The van der Waals surface area contributed by atoms with Crippen LogP contribution in [0.1, 0.15) is 33.1 Å². The maximum atomic E-state index is 12.5. The van der Waals surface area contributed by atoms with Gasteiger partial charge in [0.15, 0.2) is 0 Å². The summed E-state index contributed by atoms with van der Waals surface area (Å²) < 4.78 is 5.37. The van der Waals surface area contributed by atoms with Crippen LogP contribution in [-0.2, 0) is 0 Å². The number of carbonyl (C=O) groups is 1. The number of aryl methyl sites for hydroxylation is 1. The lowest BCUT2D eigenvalue weighted by Crippen LogP contribution is -2.29. The Balaban J connectivity index is 2.24. The predicted octanol–water partition coefficient (Wildman–Crippen LogP) is 3.90. The number of hydrogen-bond acceptors (Lipinski definition) is 3. The van der Waals surface area contributed by atoms with E-state index in [1.54, 1.807) is 12.0 Å². The van der Waals surface area contributed by atoms with Gasteiger partial charge in [-0.25, -0.2) is 0 Å². The van der Waals surface area contributed by atoms with Crippen molar-refractivity contribution in [3.05, 3.63) is 51.7 Å². The average Bonchev–Trinajstić information content (AvgIpc) is 2.91. The van der Waals surface area contributed by atoms with Gasteiger partial charge in [-0.1, -0.05) is 18.2 Å². The van der Waals surface area contributed by atoms with Gasteiger partial charge in [0.05, 0.1) is 18.0 Å². The summed E-state index contributed by atoms with van der Waals surface area (Å²) in [7, 11) is 3.48. The highest BCUT2D eigenvalue weighted by atomic mass is 32.1. The Kier molecular flexibility index (Phi) is 4.45. The molecule has 1 unspecified atom stereocenters. The zero-order valence-electron chi connectivity index (χ0n) is 12.2. The normalized spacial score (nSPS) is 12.0. The van der Waals surface area contributed by atoms with Crippen molar-refractivity contribution >= 4 is 17.2 Å². The molecule has 0 fully saturated rings. The second-order valence-electron chi connectivity index (χ2n) is 4.74. The van der Waals surface area contributed by atoms with Crippen molar-refractivity contribution in [2.24, 2.45) is 0 Å². The molecule has 1 heterocycles. The lowest BCUT2D eigenvalue weighted by Gasteiger charge is -2.26. The second kappa shape index (κ2) is 6.09. The minimum atomic E-state index is -0.0407. The van der Waals surface area contributed by atoms with Crippen molar-refractivity contribution < 1.29 is 9.53 Å². The van der Waals surface area contributed by atoms with Crippen molar-refractivity contribution in [2.75, 3.05) is 14.2 Å². The number of benzene rings is 1. The Bertz CT molecular complexity index is 606. The molecule has 1 amide bonds. The van der Waals surface area contributed by atoms with Crippen LogP contribution in [0.3, 0.4) is 0 Å².